The van der Waals surface area contributed by atoms with E-state index in [0.29, 0.717) is 6.61 Å². The first-order valence-corrected chi connectivity index (χ1v) is 3.41. The zero-order valence-electron chi connectivity index (χ0n) is 6.37. The molecular weight excluding hydrogens is 142 g/mol. The molecule has 4 heteroatoms. The Morgan fingerprint density at radius 3 is 3.09 bits per heavy atom. The van der Waals surface area contributed by atoms with Gasteiger partial charge in [0.25, 0.3) is 0 Å². The van der Waals surface area contributed by atoms with Crippen LogP contribution in [0.2, 0.25) is 0 Å². The van der Waals surface area contributed by atoms with E-state index < -0.39 is 0 Å². The second-order valence-corrected chi connectivity index (χ2v) is 1.99. The normalized spacial score (nSPS) is 9.27. The van der Waals surface area contributed by atoms with Crippen molar-refractivity contribution in [2.75, 3.05) is 12.0 Å². The van der Waals surface area contributed by atoms with Gasteiger partial charge in [0.05, 0.1) is 24.7 Å². The lowest BCUT2D eigenvalue weighted by Crippen LogP contribution is -2.07. The number of hydrogen-bond donors (Lipinski definition) is 2. The van der Waals surface area contributed by atoms with Crippen LogP contribution in [0, 0.1) is 0 Å². The van der Waals surface area contributed by atoms with Crippen LogP contribution in [0.15, 0.2) is 18.5 Å². The van der Waals surface area contributed by atoms with Gasteiger partial charge in [0.1, 0.15) is 5.75 Å². The molecule has 4 nitrogen and oxygen atoms in total. The smallest absolute Gasteiger partial charge is 0.139 e. The summed E-state index contributed by atoms with van der Waals surface area (Å²) in [7, 11) is 0. The van der Waals surface area contributed by atoms with Gasteiger partial charge in [-0.15, -0.1) is 0 Å². The lowest BCUT2D eigenvalue weighted by molar-refractivity contribution is 0.339. The van der Waals surface area contributed by atoms with E-state index in [2.05, 4.69) is 10.4 Å². The topological polar surface area (TPSA) is 60.2 Å². The predicted octanol–water partition coefficient (Wildman–Crippen LogP) is 0.766. The number of rotatable bonds is 3. The minimum Gasteiger partial charge on any atom is -0.492 e. The summed E-state index contributed by atoms with van der Waals surface area (Å²) in [6.45, 7) is 2.55. The van der Waals surface area contributed by atoms with Gasteiger partial charge in [-0.05, 0) is 6.92 Å². The van der Waals surface area contributed by atoms with Crippen molar-refractivity contribution >= 4 is 5.69 Å². The van der Waals surface area contributed by atoms with Crippen LogP contribution in [0.4, 0.5) is 5.69 Å². The van der Waals surface area contributed by atoms with Crippen molar-refractivity contribution in [2.24, 2.45) is 5.84 Å². The third-order valence-corrected chi connectivity index (χ3v) is 1.19. The summed E-state index contributed by atoms with van der Waals surface area (Å²) in [6.07, 6.45) is 3.27. The van der Waals surface area contributed by atoms with E-state index in [1.54, 1.807) is 18.5 Å². The first-order chi connectivity index (χ1) is 5.36. The summed E-state index contributed by atoms with van der Waals surface area (Å²) in [5.41, 5.74) is 3.23. The van der Waals surface area contributed by atoms with Crippen LogP contribution in [0.25, 0.3) is 0 Å². The molecule has 0 aliphatic heterocycles. The molecule has 0 unspecified atom stereocenters. The molecule has 11 heavy (non-hydrogen) atoms. The summed E-state index contributed by atoms with van der Waals surface area (Å²) in [6, 6.07) is 1.79. The maximum absolute atomic E-state index is 5.19. The molecule has 1 heterocycles. The van der Waals surface area contributed by atoms with Crippen molar-refractivity contribution in [1.82, 2.24) is 4.98 Å². The monoisotopic (exact) mass is 153 g/mol. The highest BCUT2D eigenvalue weighted by Gasteiger charge is 1.93. The maximum Gasteiger partial charge on any atom is 0.139 e. The summed E-state index contributed by atoms with van der Waals surface area (Å²) in [4.78, 5) is 3.91. The van der Waals surface area contributed by atoms with E-state index in [1.165, 1.54) is 0 Å². The van der Waals surface area contributed by atoms with Crippen molar-refractivity contribution in [1.29, 1.82) is 0 Å². The number of hydrazine groups is 1. The number of pyridine rings is 1. The Hall–Kier alpha value is -1.29. The third kappa shape index (κ3) is 2.09. The number of nitrogen functional groups attached to an aromatic ring is 1. The standard InChI is InChI=1S/C7H11N3O/c1-2-11-7-3-6(10-8)4-9-5-7/h3-5,10H,2,8H2,1H3. The molecule has 0 amide bonds. The van der Waals surface area contributed by atoms with Crippen LogP contribution >= 0.6 is 0 Å². The van der Waals surface area contributed by atoms with Crippen LogP contribution < -0.4 is 16.0 Å². The third-order valence-electron chi connectivity index (χ3n) is 1.19. The van der Waals surface area contributed by atoms with Gasteiger partial charge in [0, 0.05) is 6.07 Å². The van der Waals surface area contributed by atoms with Crippen LogP contribution in [0.5, 0.6) is 5.75 Å². The highest BCUT2D eigenvalue weighted by molar-refractivity contribution is 5.43. The first-order valence-electron chi connectivity index (χ1n) is 3.41. The Labute approximate surface area is 65.4 Å². The SMILES string of the molecule is CCOc1cncc(NN)c1. The molecule has 0 radical (unpaired) electrons. The number of aromatic nitrogens is 1. The maximum atomic E-state index is 5.19. The van der Waals surface area contributed by atoms with Crippen molar-refractivity contribution < 1.29 is 4.74 Å². The van der Waals surface area contributed by atoms with Gasteiger partial charge < -0.3 is 10.2 Å². The molecule has 0 aromatic carbocycles. The average Bonchev–Trinajstić information content (AvgIpc) is 2.06. The van der Waals surface area contributed by atoms with Gasteiger partial charge in [-0.1, -0.05) is 0 Å². The number of anilines is 1. The van der Waals surface area contributed by atoms with E-state index in [9.17, 15) is 0 Å². The van der Waals surface area contributed by atoms with Gasteiger partial charge in [-0.3, -0.25) is 10.8 Å². The molecule has 0 aliphatic carbocycles. The molecule has 0 spiro atoms. The Morgan fingerprint density at radius 2 is 2.45 bits per heavy atom. The molecule has 60 valence electrons. The van der Waals surface area contributed by atoms with E-state index in [-0.39, 0.29) is 0 Å². The zero-order valence-corrected chi connectivity index (χ0v) is 6.37. The second kappa shape index (κ2) is 3.78. The Morgan fingerprint density at radius 1 is 1.64 bits per heavy atom. The fourth-order valence-electron chi connectivity index (χ4n) is 0.743. The number of hydrogen-bond acceptors (Lipinski definition) is 4. The van der Waals surface area contributed by atoms with Gasteiger partial charge >= 0.3 is 0 Å². The number of nitrogens with zero attached hydrogens (tertiary/aromatic N) is 1. The quantitative estimate of drug-likeness (QED) is 0.497. The van der Waals surface area contributed by atoms with Gasteiger partial charge in [0.15, 0.2) is 0 Å². The minimum absolute atomic E-state index is 0.635. The van der Waals surface area contributed by atoms with Crippen LogP contribution in [0.3, 0.4) is 0 Å². The lowest BCUT2D eigenvalue weighted by Gasteiger charge is -2.03. The van der Waals surface area contributed by atoms with Crippen LogP contribution in [-0.4, -0.2) is 11.6 Å². The molecule has 0 saturated heterocycles. The molecule has 0 saturated carbocycles. The molecule has 0 fully saturated rings. The van der Waals surface area contributed by atoms with E-state index in [0.717, 1.165) is 11.4 Å². The minimum atomic E-state index is 0.635. The Kier molecular flexibility index (Phi) is 2.68. The fourth-order valence-corrected chi connectivity index (χ4v) is 0.743. The Bertz CT molecular complexity index is 227. The average molecular weight is 153 g/mol. The Balaban J connectivity index is 2.74. The highest BCUT2D eigenvalue weighted by Crippen LogP contribution is 2.13. The molecule has 3 N–H and O–H groups in total. The van der Waals surface area contributed by atoms with Crippen molar-refractivity contribution in [3.8, 4) is 5.75 Å². The van der Waals surface area contributed by atoms with E-state index >= 15 is 0 Å². The molecule has 1 rings (SSSR count). The predicted molar refractivity (Wildman–Crippen MR) is 43.2 cm³/mol. The molecule has 0 aliphatic rings. The van der Waals surface area contributed by atoms with Crippen molar-refractivity contribution in [3.05, 3.63) is 18.5 Å². The molecule has 0 atom stereocenters. The molecular formula is C7H11N3O. The van der Waals surface area contributed by atoms with Crippen LogP contribution in [-0.2, 0) is 0 Å². The summed E-state index contributed by atoms with van der Waals surface area (Å²) >= 11 is 0. The van der Waals surface area contributed by atoms with Crippen LogP contribution in [0.1, 0.15) is 6.92 Å². The second-order valence-electron chi connectivity index (χ2n) is 1.99. The number of ether oxygens (including phenoxy) is 1. The van der Waals surface area contributed by atoms with E-state index in [4.69, 9.17) is 10.6 Å². The van der Waals surface area contributed by atoms with E-state index in [1.807, 2.05) is 6.92 Å². The number of nitrogens with two attached hydrogens (primary N) is 1. The fraction of sp³-hybridized carbons (Fsp3) is 0.286. The summed E-state index contributed by atoms with van der Waals surface area (Å²) in [5, 5.41) is 0. The first kappa shape index (κ1) is 7.81. The zero-order chi connectivity index (χ0) is 8.10. The molecule has 0 bridgehead atoms. The number of nitrogens with one attached hydrogen (secondary N) is 1. The van der Waals surface area contributed by atoms with Crippen molar-refractivity contribution in [2.45, 2.75) is 6.92 Å². The molecule has 1 aromatic rings. The van der Waals surface area contributed by atoms with Crippen molar-refractivity contribution in [3.63, 3.8) is 0 Å². The highest BCUT2D eigenvalue weighted by atomic mass is 16.5. The van der Waals surface area contributed by atoms with Gasteiger partial charge in [0.2, 0.25) is 0 Å². The van der Waals surface area contributed by atoms with Gasteiger partial charge in [-0.2, -0.15) is 0 Å². The lowest BCUT2D eigenvalue weighted by atomic mass is 10.4. The van der Waals surface area contributed by atoms with Gasteiger partial charge in [-0.25, -0.2) is 0 Å². The summed E-state index contributed by atoms with van der Waals surface area (Å²) < 4.78 is 5.19. The molecule has 1 aromatic heterocycles. The largest absolute Gasteiger partial charge is 0.492 e. The summed E-state index contributed by atoms with van der Waals surface area (Å²) in [5.74, 6) is 5.89.